The van der Waals surface area contributed by atoms with E-state index in [9.17, 15) is 14.0 Å². The molecule has 158 valence electrons. The van der Waals surface area contributed by atoms with Gasteiger partial charge in [-0.3, -0.25) is 9.59 Å². The second kappa shape index (κ2) is 10.0. The number of hydrogen-bond donors (Lipinski definition) is 0. The Balaban J connectivity index is 2.23. The van der Waals surface area contributed by atoms with Crippen LogP contribution in [0.5, 0.6) is 0 Å². The van der Waals surface area contributed by atoms with Crippen molar-refractivity contribution in [3.05, 3.63) is 58.0 Å². The van der Waals surface area contributed by atoms with Gasteiger partial charge in [0.1, 0.15) is 12.4 Å². The zero-order chi connectivity index (χ0) is 21.6. The normalized spacial score (nSPS) is 12.5. The molecule has 0 bridgehead atoms. The summed E-state index contributed by atoms with van der Waals surface area (Å²) in [5, 5.41) is 1.98. The van der Waals surface area contributed by atoms with Crippen LogP contribution in [-0.2, 0) is 22.7 Å². The third-order valence-electron chi connectivity index (χ3n) is 4.90. The van der Waals surface area contributed by atoms with Crippen LogP contribution < -0.4 is 0 Å². The number of hydrogen-bond acceptors (Lipinski definition) is 3. The molecule has 0 aliphatic rings. The number of thiophene rings is 1. The fraction of sp³-hybridized carbons (Fsp3) is 0.478. The Bertz CT molecular complexity index is 797. The predicted molar refractivity (Wildman–Crippen MR) is 116 cm³/mol. The summed E-state index contributed by atoms with van der Waals surface area (Å²) in [6.07, 6.45) is 0.776. The van der Waals surface area contributed by atoms with Crippen molar-refractivity contribution in [1.29, 1.82) is 0 Å². The van der Waals surface area contributed by atoms with E-state index >= 15 is 0 Å². The summed E-state index contributed by atoms with van der Waals surface area (Å²) in [5.41, 5.74) is 0.299. The molecule has 2 amide bonds. The quantitative estimate of drug-likeness (QED) is 0.599. The number of carbonyl (C=O) groups excluding carboxylic acids is 2. The SMILES string of the molecule is CCC(C)N(CC(=O)N(Cc1ccc(F)cc1)Cc1cccs1)C(=O)C(C)(C)C. The summed E-state index contributed by atoms with van der Waals surface area (Å²) >= 11 is 1.59. The van der Waals surface area contributed by atoms with E-state index in [-0.39, 0.29) is 30.2 Å². The molecular weight excluding hydrogens is 387 g/mol. The van der Waals surface area contributed by atoms with Gasteiger partial charge in [-0.25, -0.2) is 4.39 Å². The van der Waals surface area contributed by atoms with Crippen molar-refractivity contribution in [3.63, 3.8) is 0 Å². The molecule has 0 saturated carbocycles. The topological polar surface area (TPSA) is 40.6 Å². The molecule has 1 aromatic carbocycles. The Morgan fingerprint density at radius 2 is 1.76 bits per heavy atom. The lowest BCUT2D eigenvalue weighted by Gasteiger charge is -2.35. The van der Waals surface area contributed by atoms with Gasteiger partial charge in [0.05, 0.1) is 6.54 Å². The first-order valence-corrected chi connectivity index (χ1v) is 10.9. The Kier molecular flexibility index (Phi) is 7.96. The Labute approximate surface area is 177 Å². The molecule has 2 rings (SSSR count). The molecule has 0 fully saturated rings. The van der Waals surface area contributed by atoms with Gasteiger partial charge < -0.3 is 9.80 Å². The van der Waals surface area contributed by atoms with E-state index in [2.05, 4.69) is 0 Å². The molecule has 6 heteroatoms. The molecule has 0 saturated heterocycles. The van der Waals surface area contributed by atoms with Crippen molar-refractivity contribution in [2.45, 2.75) is 60.2 Å². The fourth-order valence-electron chi connectivity index (χ4n) is 2.96. The second-order valence-corrected chi connectivity index (χ2v) is 9.43. The molecule has 2 aromatic rings. The van der Waals surface area contributed by atoms with Crippen LogP contribution >= 0.6 is 11.3 Å². The van der Waals surface area contributed by atoms with Crippen LogP contribution in [0, 0.1) is 11.2 Å². The van der Waals surface area contributed by atoms with Gasteiger partial charge in [-0.2, -0.15) is 0 Å². The summed E-state index contributed by atoms with van der Waals surface area (Å²) in [6, 6.07) is 10.1. The lowest BCUT2D eigenvalue weighted by molar-refractivity contribution is -0.148. The van der Waals surface area contributed by atoms with Gasteiger partial charge in [0.25, 0.3) is 0 Å². The lowest BCUT2D eigenvalue weighted by Crippen LogP contribution is -2.49. The highest BCUT2D eigenvalue weighted by Crippen LogP contribution is 2.21. The number of rotatable bonds is 8. The highest BCUT2D eigenvalue weighted by molar-refractivity contribution is 7.09. The monoisotopic (exact) mass is 418 g/mol. The third-order valence-corrected chi connectivity index (χ3v) is 5.76. The number of amides is 2. The first kappa shape index (κ1) is 23.1. The smallest absolute Gasteiger partial charge is 0.242 e. The molecule has 0 N–H and O–H groups in total. The van der Waals surface area contributed by atoms with E-state index in [0.717, 1.165) is 16.9 Å². The predicted octanol–water partition coefficient (Wildman–Crippen LogP) is 5.09. The lowest BCUT2D eigenvalue weighted by atomic mass is 9.93. The summed E-state index contributed by atoms with van der Waals surface area (Å²) in [5.74, 6) is -0.442. The van der Waals surface area contributed by atoms with Crippen LogP contribution in [0.25, 0.3) is 0 Å². The van der Waals surface area contributed by atoms with Crippen molar-refractivity contribution < 1.29 is 14.0 Å². The summed E-state index contributed by atoms with van der Waals surface area (Å²) < 4.78 is 13.3. The summed E-state index contributed by atoms with van der Waals surface area (Å²) in [6.45, 7) is 10.5. The van der Waals surface area contributed by atoms with Crippen molar-refractivity contribution in [2.75, 3.05) is 6.54 Å². The highest BCUT2D eigenvalue weighted by atomic mass is 32.1. The molecule has 1 heterocycles. The van der Waals surface area contributed by atoms with E-state index in [0.29, 0.717) is 13.1 Å². The van der Waals surface area contributed by atoms with Crippen LogP contribution in [0.4, 0.5) is 4.39 Å². The Hall–Kier alpha value is -2.21. The molecule has 0 aliphatic heterocycles. The number of benzene rings is 1. The van der Waals surface area contributed by atoms with E-state index in [1.54, 1.807) is 33.3 Å². The Morgan fingerprint density at radius 1 is 1.10 bits per heavy atom. The van der Waals surface area contributed by atoms with Crippen molar-refractivity contribution in [2.24, 2.45) is 5.41 Å². The van der Waals surface area contributed by atoms with Crippen LogP contribution in [0.15, 0.2) is 41.8 Å². The first-order valence-electron chi connectivity index (χ1n) is 9.97. The van der Waals surface area contributed by atoms with Crippen molar-refractivity contribution in [3.8, 4) is 0 Å². The minimum absolute atomic E-state index is 0.0277. The molecule has 1 unspecified atom stereocenters. The van der Waals surface area contributed by atoms with Gasteiger partial charge in [0.2, 0.25) is 11.8 Å². The average Bonchev–Trinajstić information content (AvgIpc) is 3.18. The number of carbonyl (C=O) groups is 2. The van der Waals surface area contributed by atoms with Gasteiger partial charge in [-0.1, -0.05) is 45.9 Å². The maximum atomic E-state index is 13.3. The minimum Gasteiger partial charge on any atom is -0.332 e. The molecule has 1 aromatic heterocycles. The summed E-state index contributed by atoms with van der Waals surface area (Å²) in [4.78, 5) is 30.7. The average molecular weight is 419 g/mol. The van der Waals surface area contributed by atoms with Crippen LogP contribution in [-0.4, -0.2) is 34.2 Å². The van der Waals surface area contributed by atoms with Crippen molar-refractivity contribution in [1.82, 2.24) is 9.80 Å². The molecule has 29 heavy (non-hydrogen) atoms. The van der Waals surface area contributed by atoms with Gasteiger partial charge in [0, 0.05) is 22.9 Å². The molecule has 0 aliphatic carbocycles. The minimum atomic E-state index is -0.556. The van der Waals surface area contributed by atoms with Crippen molar-refractivity contribution >= 4 is 23.2 Å². The summed E-state index contributed by atoms with van der Waals surface area (Å²) in [7, 11) is 0. The van der Waals surface area contributed by atoms with Crippen LogP contribution in [0.3, 0.4) is 0 Å². The van der Waals surface area contributed by atoms with Gasteiger partial charge in [0.15, 0.2) is 0 Å². The largest absolute Gasteiger partial charge is 0.332 e. The maximum absolute atomic E-state index is 13.3. The third kappa shape index (κ3) is 6.67. The van der Waals surface area contributed by atoms with Gasteiger partial charge >= 0.3 is 0 Å². The van der Waals surface area contributed by atoms with Gasteiger partial charge in [-0.05, 0) is 42.5 Å². The zero-order valence-corrected chi connectivity index (χ0v) is 18.8. The van der Waals surface area contributed by atoms with Gasteiger partial charge in [-0.15, -0.1) is 11.3 Å². The highest BCUT2D eigenvalue weighted by Gasteiger charge is 2.32. The van der Waals surface area contributed by atoms with E-state index < -0.39 is 5.41 Å². The molecular formula is C23H31FN2O2S. The zero-order valence-electron chi connectivity index (χ0n) is 17.9. The molecule has 0 spiro atoms. The fourth-order valence-corrected chi connectivity index (χ4v) is 3.68. The van der Waals surface area contributed by atoms with Crippen LogP contribution in [0.1, 0.15) is 51.5 Å². The molecule has 1 atom stereocenters. The van der Waals surface area contributed by atoms with E-state index in [1.165, 1.54) is 12.1 Å². The van der Waals surface area contributed by atoms with E-state index in [4.69, 9.17) is 0 Å². The molecule has 0 radical (unpaired) electrons. The number of halogens is 1. The standard InChI is InChI=1S/C23H31FN2O2S/c1-6-17(2)26(22(28)23(3,4)5)16-21(27)25(15-20-8-7-13-29-20)14-18-9-11-19(24)12-10-18/h7-13,17H,6,14-16H2,1-5H3. The second-order valence-electron chi connectivity index (χ2n) is 8.40. The van der Waals surface area contributed by atoms with Crippen LogP contribution in [0.2, 0.25) is 0 Å². The molecule has 4 nitrogen and oxygen atoms in total. The number of nitrogens with zero attached hydrogens (tertiary/aromatic N) is 2. The first-order chi connectivity index (χ1) is 13.6. The maximum Gasteiger partial charge on any atom is 0.242 e. The Morgan fingerprint density at radius 3 is 2.28 bits per heavy atom. The van der Waals surface area contributed by atoms with E-state index in [1.807, 2.05) is 52.1 Å².